The molecule has 0 unspecified atom stereocenters. The number of halogens is 1. The van der Waals surface area contributed by atoms with Crippen LogP contribution in [0.4, 0.5) is 0 Å². The number of hydrogen-bond acceptors (Lipinski definition) is 5. The molecule has 0 bridgehead atoms. The summed E-state index contributed by atoms with van der Waals surface area (Å²) in [5, 5.41) is 4.00. The van der Waals surface area contributed by atoms with E-state index in [0.717, 1.165) is 11.3 Å². The summed E-state index contributed by atoms with van der Waals surface area (Å²) in [4.78, 5) is 12.2. The van der Waals surface area contributed by atoms with Crippen LogP contribution in [0.2, 0.25) is 0 Å². The van der Waals surface area contributed by atoms with Crippen molar-refractivity contribution in [3.8, 4) is 0 Å². The lowest BCUT2D eigenvalue weighted by atomic mass is 10.1. The Morgan fingerprint density at radius 2 is 1.78 bits per heavy atom. The number of nitrogens with zero attached hydrogens (tertiary/aromatic N) is 3. The van der Waals surface area contributed by atoms with Crippen molar-refractivity contribution in [2.24, 2.45) is 14.1 Å². The Labute approximate surface area is 165 Å². The molecule has 0 aliphatic carbocycles. The number of rotatable bonds is 6. The molecule has 0 amide bonds. The Balaban J connectivity index is 2.01. The van der Waals surface area contributed by atoms with E-state index >= 15 is 0 Å². The van der Waals surface area contributed by atoms with E-state index in [9.17, 15) is 13.2 Å². The molecule has 0 saturated carbocycles. The number of aryl methyl sites for hydroxylation is 4. The Morgan fingerprint density at radius 3 is 2.37 bits per heavy atom. The number of imidazole rings is 1. The van der Waals surface area contributed by atoms with Crippen molar-refractivity contribution in [1.29, 1.82) is 0 Å². The summed E-state index contributed by atoms with van der Waals surface area (Å²) >= 11 is 3.32. The first-order chi connectivity index (χ1) is 12.7. The van der Waals surface area contributed by atoms with Crippen LogP contribution in [0, 0.1) is 0 Å². The highest BCUT2D eigenvalue weighted by molar-refractivity contribution is 9.10. The van der Waals surface area contributed by atoms with E-state index < -0.39 is 10.0 Å². The molecule has 2 heterocycles. The van der Waals surface area contributed by atoms with Crippen LogP contribution in [0.15, 0.2) is 30.8 Å². The smallest absolute Gasteiger partial charge is 0.328 e. The summed E-state index contributed by atoms with van der Waals surface area (Å²) in [5.41, 5.74) is 2.49. The number of nitrogens with one attached hydrogen (secondary N) is 1. The maximum Gasteiger partial charge on any atom is 0.328 e. The van der Waals surface area contributed by atoms with Crippen molar-refractivity contribution >= 4 is 37.0 Å². The summed E-state index contributed by atoms with van der Waals surface area (Å²) in [6.45, 7) is 3.96. The lowest BCUT2D eigenvalue weighted by molar-refractivity contribution is 0.380. The van der Waals surface area contributed by atoms with E-state index in [4.69, 9.17) is 4.52 Å². The third kappa shape index (κ3) is 3.37. The molecule has 0 atom stereocenters. The minimum absolute atomic E-state index is 0.0729. The topological polar surface area (TPSA) is 99.1 Å². The van der Waals surface area contributed by atoms with Gasteiger partial charge in [-0.25, -0.2) is 17.9 Å². The van der Waals surface area contributed by atoms with Gasteiger partial charge in [0.05, 0.1) is 21.6 Å². The molecule has 27 heavy (non-hydrogen) atoms. The molecule has 0 saturated heterocycles. The summed E-state index contributed by atoms with van der Waals surface area (Å²) in [6, 6.07) is 3.14. The molecule has 10 heteroatoms. The SMILES string of the molecule is CCc1noc(CC)c1CNS(=O)(=O)c1cc2c(cc1Br)n(C)c(=O)n2C. The summed E-state index contributed by atoms with van der Waals surface area (Å²) in [6.07, 6.45) is 1.29. The van der Waals surface area contributed by atoms with Gasteiger partial charge in [0.1, 0.15) is 5.76 Å². The average Bonchev–Trinajstić information content (AvgIpc) is 3.14. The van der Waals surface area contributed by atoms with Gasteiger partial charge in [0.25, 0.3) is 0 Å². The van der Waals surface area contributed by atoms with Crippen molar-refractivity contribution in [1.82, 2.24) is 19.0 Å². The van der Waals surface area contributed by atoms with Crippen molar-refractivity contribution in [3.63, 3.8) is 0 Å². The quantitative estimate of drug-likeness (QED) is 0.612. The monoisotopic (exact) mass is 456 g/mol. The molecule has 1 N–H and O–H groups in total. The fourth-order valence-electron chi connectivity index (χ4n) is 3.09. The van der Waals surface area contributed by atoms with E-state index in [1.807, 2.05) is 13.8 Å². The zero-order valence-electron chi connectivity index (χ0n) is 15.5. The van der Waals surface area contributed by atoms with Crippen molar-refractivity contribution in [2.45, 2.75) is 38.1 Å². The van der Waals surface area contributed by atoms with Gasteiger partial charge in [-0.05, 0) is 34.5 Å². The number of benzene rings is 1. The normalized spacial score (nSPS) is 12.2. The maximum atomic E-state index is 12.9. The fraction of sp³-hybridized carbons (Fsp3) is 0.412. The molecule has 0 radical (unpaired) electrons. The summed E-state index contributed by atoms with van der Waals surface area (Å²) < 4.78 is 37.0. The molecular weight excluding hydrogens is 436 g/mol. The average molecular weight is 457 g/mol. The van der Waals surface area contributed by atoms with Crippen LogP contribution < -0.4 is 10.4 Å². The molecule has 0 aliphatic heterocycles. The number of sulfonamides is 1. The second-order valence-corrected chi connectivity index (χ2v) is 8.82. The summed E-state index contributed by atoms with van der Waals surface area (Å²) in [7, 11) is -0.561. The first kappa shape index (κ1) is 19.8. The highest BCUT2D eigenvalue weighted by Gasteiger charge is 2.23. The third-order valence-corrected chi connectivity index (χ3v) is 7.02. The van der Waals surface area contributed by atoms with Gasteiger partial charge in [-0.1, -0.05) is 19.0 Å². The van der Waals surface area contributed by atoms with Crippen LogP contribution in [0.5, 0.6) is 0 Å². The van der Waals surface area contributed by atoms with E-state index in [2.05, 4.69) is 25.8 Å². The van der Waals surface area contributed by atoms with E-state index in [1.165, 1.54) is 15.2 Å². The molecule has 0 aliphatic rings. The molecule has 0 fully saturated rings. The first-order valence-corrected chi connectivity index (χ1v) is 10.8. The van der Waals surface area contributed by atoms with Crippen LogP contribution in [0.1, 0.15) is 30.9 Å². The van der Waals surface area contributed by atoms with Crippen LogP contribution in [0.3, 0.4) is 0 Å². The van der Waals surface area contributed by atoms with Gasteiger partial charge in [0.15, 0.2) is 0 Å². The zero-order valence-corrected chi connectivity index (χ0v) is 17.9. The van der Waals surface area contributed by atoms with Gasteiger partial charge in [-0.3, -0.25) is 9.13 Å². The zero-order chi connectivity index (χ0) is 19.9. The molecule has 3 aromatic rings. The van der Waals surface area contributed by atoms with Gasteiger partial charge >= 0.3 is 5.69 Å². The Morgan fingerprint density at radius 1 is 1.15 bits per heavy atom. The lowest BCUT2D eigenvalue weighted by Gasteiger charge is -2.10. The summed E-state index contributed by atoms with van der Waals surface area (Å²) in [5.74, 6) is 0.675. The minimum Gasteiger partial charge on any atom is -0.361 e. The van der Waals surface area contributed by atoms with Gasteiger partial charge in [-0.2, -0.15) is 0 Å². The second-order valence-electron chi connectivity index (χ2n) is 6.23. The van der Waals surface area contributed by atoms with E-state index in [1.54, 1.807) is 20.2 Å². The fourth-order valence-corrected chi connectivity index (χ4v) is 5.13. The van der Waals surface area contributed by atoms with Crippen LogP contribution in [-0.4, -0.2) is 22.7 Å². The van der Waals surface area contributed by atoms with Gasteiger partial charge in [0.2, 0.25) is 10.0 Å². The standard InChI is InChI=1S/C17H21BrN4O4S/c1-5-12-10(15(6-2)26-20-12)9-19-27(24,25)16-8-14-13(7-11(16)18)21(3)17(23)22(14)4/h7-8,19H,5-6,9H2,1-4H3. The van der Waals surface area contributed by atoms with Crippen molar-refractivity contribution < 1.29 is 12.9 Å². The van der Waals surface area contributed by atoms with E-state index in [0.29, 0.717) is 34.1 Å². The molecule has 2 aromatic heterocycles. The van der Waals surface area contributed by atoms with Gasteiger partial charge in [0, 0.05) is 37.1 Å². The van der Waals surface area contributed by atoms with Crippen LogP contribution >= 0.6 is 15.9 Å². The Kier molecular flexibility index (Phi) is 5.33. The number of fused-ring (bicyclic) bond motifs is 1. The van der Waals surface area contributed by atoms with Crippen LogP contribution in [0.25, 0.3) is 11.0 Å². The highest BCUT2D eigenvalue weighted by atomic mass is 79.9. The second kappa shape index (κ2) is 7.25. The third-order valence-electron chi connectivity index (χ3n) is 4.66. The Hall–Kier alpha value is -1.91. The minimum atomic E-state index is -3.82. The van der Waals surface area contributed by atoms with Gasteiger partial charge in [-0.15, -0.1) is 0 Å². The predicted molar refractivity (Wildman–Crippen MR) is 105 cm³/mol. The largest absolute Gasteiger partial charge is 0.361 e. The molecule has 1 aromatic carbocycles. The molecule has 146 valence electrons. The van der Waals surface area contributed by atoms with Crippen molar-refractivity contribution in [3.05, 3.63) is 44.1 Å². The van der Waals surface area contributed by atoms with Crippen LogP contribution in [-0.2, 0) is 43.5 Å². The molecule has 8 nitrogen and oxygen atoms in total. The molecule has 0 spiro atoms. The highest BCUT2D eigenvalue weighted by Crippen LogP contribution is 2.27. The van der Waals surface area contributed by atoms with E-state index in [-0.39, 0.29) is 17.1 Å². The maximum absolute atomic E-state index is 12.9. The molecular formula is C17H21BrN4O4S. The first-order valence-electron chi connectivity index (χ1n) is 8.52. The Bertz CT molecular complexity index is 1150. The van der Waals surface area contributed by atoms with Crippen molar-refractivity contribution in [2.75, 3.05) is 0 Å². The predicted octanol–water partition coefficient (Wildman–Crippen LogP) is 2.23. The molecule has 3 rings (SSSR count). The number of hydrogen-bond donors (Lipinski definition) is 1. The van der Waals surface area contributed by atoms with Gasteiger partial charge < -0.3 is 4.52 Å². The number of aromatic nitrogens is 3. The lowest BCUT2D eigenvalue weighted by Crippen LogP contribution is -2.24.